The van der Waals surface area contributed by atoms with Crippen molar-refractivity contribution in [2.45, 2.75) is 45.1 Å². The van der Waals surface area contributed by atoms with Crippen molar-refractivity contribution in [3.8, 4) is 5.75 Å². The number of nitrogens with zero attached hydrogens (tertiary/aromatic N) is 1. The maximum Gasteiger partial charge on any atom is 0.258 e. The first-order chi connectivity index (χ1) is 11.6. The molecule has 3 rings (SSSR count). The van der Waals surface area contributed by atoms with Crippen LogP contribution in [0, 0.1) is 12.8 Å². The zero-order valence-electron chi connectivity index (χ0n) is 14.3. The summed E-state index contributed by atoms with van der Waals surface area (Å²) in [5.74, 6) is 1.18. The molecule has 2 aliphatic rings. The third kappa shape index (κ3) is 4.28. The minimum atomic E-state index is -0.0978. The molecule has 1 saturated carbocycles. The Morgan fingerprint density at radius 2 is 1.79 bits per heavy atom. The molecule has 2 fully saturated rings. The number of aryl methyl sites for hydroxylation is 1. The summed E-state index contributed by atoms with van der Waals surface area (Å²) in [6.45, 7) is 3.54. The smallest absolute Gasteiger partial charge is 0.258 e. The van der Waals surface area contributed by atoms with Crippen LogP contribution in [-0.4, -0.2) is 42.5 Å². The highest BCUT2D eigenvalue weighted by atomic mass is 16.5. The molecule has 0 radical (unpaired) electrons. The summed E-state index contributed by atoms with van der Waals surface area (Å²) < 4.78 is 5.50. The summed E-state index contributed by atoms with van der Waals surface area (Å²) in [4.78, 5) is 26.2. The van der Waals surface area contributed by atoms with Crippen LogP contribution >= 0.6 is 0 Å². The summed E-state index contributed by atoms with van der Waals surface area (Å²) in [5, 5.41) is 3.02. The normalized spacial score (nSPS) is 18.8. The van der Waals surface area contributed by atoms with Crippen molar-refractivity contribution in [1.82, 2.24) is 10.2 Å². The molecule has 5 heteroatoms. The lowest BCUT2D eigenvalue weighted by Crippen LogP contribution is -2.49. The van der Waals surface area contributed by atoms with Crippen LogP contribution in [0.25, 0.3) is 0 Å². The lowest BCUT2D eigenvalue weighted by Gasteiger charge is -2.36. The Hall–Kier alpha value is -2.04. The second-order valence-electron chi connectivity index (χ2n) is 6.90. The third-order valence-corrected chi connectivity index (χ3v) is 5.02. The van der Waals surface area contributed by atoms with Crippen LogP contribution in [0.1, 0.15) is 37.7 Å². The second kappa shape index (κ2) is 7.69. The van der Waals surface area contributed by atoms with Gasteiger partial charge in [-0.25, -0.2) is 0 Å². The maximum absolute atomic E-state index is 12.2. The standard InChI is InChI=1S/C19H26N2O3/c1-14-5-7-17(8-6-14)24-13-18(22)20-16-9-11-21(12-10-16)19(23)15-3-2-4-15/h5-8,15-16H,2-4,9-13H2,1H3,(H,20,22). The molecule has 1 aliphatic carbocycles. The van der Waals surface area contributed by atoms with Crippen LogP contribution < -0.4 is 10.1 Å². The monoisotopic (exact) mass is 330 g/mol. The lowest BCUT2D eigenvalue weighted by atomic mass is 9.84. The third-order valence-electron chi connectivity index (χ3n) is 5.02. The number of nitrogens with one attached hydrogen (secondary N) is 1. The number of ether oxygens (including phenoxy) is 1. The fourth-order valence-corrected chi connectivity index (χ4v) is 3.21. The van der Waals surface area contributed by atoms with E-state index in [1.807, 2.05) is 36.1 Å². The minimum Gasteiger partial charge on any atom is -0.484 e. The summed E-state index contributed by atoms with van der Waals surface area (Å²) in [5.41, 5.74) is 1.16. The van der Waals surface area contributed by atoms with Gasteiger partial charge in [-0.1, -0.05) is 24.1 Å². The highest BCUT2D eigenvalue weighted by Gasteiger charge is 2.31. The van der Waals surface area contributed by atoms with Crippen LogP contribution in [-0.2, 0) is 9.59 Å². The highest BCUT2D eigenvalue weighted by molar-refractivity contribution is 5.80. The van der Waals surface area contributed by atoms with Gasteiger partial charge in [-0.15, -0.1) is 0 Å². The van der Waals surface area contributed by atoms with Crippen molar-refractivity contribution in [1.29, 1.82) is 0 Å². The predicted molar refractivity (Wildman–Crippen MR) is 91.8 cm³/mol. The molecule has 1 saturated heterocycles. The average Bonchev–Trinajstić information content (AvgIpc) is 2.53. The SMILES string of the molecule is Cc1ccc(OCC(=O)NC2CCN(C(=O)C3CCC3)CC2)cc1. The van der Waals surface area contributed by atoms with Crippen LogP contribution in [0.4, 0.5) is 0 Å². The molecule has 1 aromatic rings. The van der Waals surface area contributed by atoms with Gasteiger partial charge in [0.15, 0.2) is 6.61 Å². The van der Waals surface area contributed by atoms with Crippen LogP contribution in [0.15, 0.2) is 24.3 Å². The molecule has 1 heterocycles. The Bertz CT molecular complexity index is 573. The zero-order valence-corrected chi connectivity index (χ0v) is 14.3. The van der Waals surface area contributed by atoms with Gasteiger partial charge in [-0.05, 0) is 44.7 Å². The summed E-state index contributed by atoms with van der Waals surface area (Å²) in [6, 6.07) is 7.80. The molecule has 0 atom stereocenters. The van der Waals surface area contributed by atoms with Gasteiger partial charge in [0.05, 0.1) is 0 Å². The first-order valence-corrected chi connectivity index (χ1v) is 8.89. The molecular formula is C19H26N2O3. The van der Waals surface area contributed by atoms with Crippen molar-refractivity contribution in [2.24, 2.45) is 5.92 Å². The van der Waals surface area contributed by atoms with Crippen LogP contribution in [0.5, 0.6) is 5.75 Å². The number of benzene rings is 1. The fraction of sp³-hybridized carbons (Fsp3) is 0.579. The summed E-state index contributed by atoms with van der Waals surface area (Å²) >= 11 is 0. The maximum atomic E-state index is 12.2. The zero-order chi connectivity index (χ0) is 16.9. The van der Waals surface area contributed by atoms with Crippen molar-refractivity contribution in [2.75, 3.05) is 19.7 Å². The second-order valence-corrected chi connectivity index (χ2v) is 6.90. The molecule has 1 N–H and O–H groups in total. The first kappa shape index (κ1) is 16.8. The number of amides is 2. The Balaban J connectivity index is 1.36. The number of hydrogen-bond acceptors (Lipinski definition) is 3. The number of likely N-dealkylation sites (tertiary alicyclic amines) is 1. The lowest BCUT2D eigenvalue weighted by molar-refractivity contribution is -0.139. The van der Waals surface area contributed by atoms with Crippen molar-refractivity contribution >= 4 is 11.8 Å². The van der Waals surface area contributed by atoms with E-state index in [1.165, 1.54) is 6.42 Å². The van der Waals surface area contributed by atoms with Crippen molar-refractivity contribution < 1.29 is 14.3 Å². The fourth-order valence-electron chi connectivity index (χ4n) is 3.21. The molecule has 130 valence electrons. The Morgan fingerprint density at radius 1 is 1.12 bits per heavy atom. The molecule has 1 aromatic carbocycles. The molecule has 0 spiro atoms. The van der Waals surface area contributed by atoms with Gasteiger partial charge in [0, 0.05) is 25.0 Å². The number of carbonyl (C=O) groups excluding carboxylic acids is 2. The Labute approximate surface area is 143 Å². The van der Waals surface area contributed by atoms with E-state index in [-0.39, 0.29) is 24.5 Å². The van der Waals surface area contributed by atoms with Crippen LogP contribution in [0.2, 0.25) is 0 Å². The molecular weight excluding hydrogens is 304 g/mol. The molecule has 24 heavy (non-hydrogen) atoms. The van der Waals surface area contributed by atoms with E-state index in [0.29, 0.717) is 11.7 Å². The van der Waals surface area contributed by atoms with Gasteiger partial charge in [0.1, 0.15) is 5.75 Å². The molecule has 0 unspecified atom stereocenters. The molecule has 1 aliphatic heterocycles. The van der Waals surface area contributed by atoms with Gasteiger partial charge in [-0.3, -0.25) is 9.59 Å². The van der Waals surface area contributed by atoms with Gasteiger partial charge < -0.3 is 15.0 Å². The summed E-state index contributed by atoms with van der Waals surface area (Å²) in [7, 11) is 0. The van der Waals surface area contributed by atoms with Crippen LogP contribution in [0.3, 0.4) is 0 Å². The number of piperidine rings is 1. The van der Waals surface area contributed by atoms with Crippen molar-refractivity contribution in [3.63, 3.8) is 0 Å². The van der Waals surface area contributed by atoms with Gasteiger partial charge in [0.2, 0.25) is 5.91 Å². The molecule has 5 nitrogen and oxygen atoms in total. The van der Waals surface area contributed by atoms with E-state index in [0.717, 1.165) is 44.3 Å². The quantitative estimate of drug-likeness (QED) is 0.901. The largest absolute Gasteiger partial charge is 0.484 e. The molecule has 0 aromatic heterocycles. The van der Waals surface area contributed by atoms with E-state index in [9.17, 15) is 9.59 Å². The van der Waals surface area contributed by atoms with Gasteiger partial charge in [-0.2, -0.15) is 0 Å². The van der Waals surface area contributed by atoms with E-state index in [4.69, 9.17) is 4.74 Å². The highest BCUT2D eigenvalue weighted by Crippen LogP contribution is 2.29. The van der Waals surface area contributed by atoms with E-state index in [1.54, 1.807) is 0 Å². The Morgan fingerprint density at radius 3 is 2.38 bits per heavy atom. The predicted octanol–water partition coefficient (Wildman–Crippen LogP) is 2.28. The number of hydrogen-bond donors (Lipinski definition) is 1. The van der Waals surface area contributed by atoms with Crippen molar-refractivity contribution in [3.05, 3.63) is 29.8 Å². The van der Waals surface area contributed by atoms with Gasteiger partial charge in [0.25, 0.3) is 5.91 Å². The topological polar surface area (TPSA) is 58.6 Å². The minimum absolute atomic E-state index is 0.0320. The average molecular weight is 330 g/mol. The van der Waals surface area contributed by atoms with E-state index in [2.05, 4.69) is 5.32 Å². The number of carbonyl (C=O) groups is 2. The van der Waals surface area contributed by atoms with E-state index < -0.39 is 0 Å². The molecule has 0 bridgehead atoms. The van der Waals surface area contributed by atoms with E-state index >= 15 is 0 Å². The molecule has 2 amide bonds. The first-order valence-electron chi connectivity index (χ1n) is 8.89. The van der Waals surface area contributed by atoms with Gasteiger partial charge >= 0.3 is 0 Å². The summed E-state index contributed by atoms with van der Waals surface area (Å²) in [6.07, 6.45) is 4.94. The number of rotatable bonds is 5. The Kier molecular flexibility index (Phi) is 5.38.